The lowest BCUT2D eigenvalue weighted by Gasteiger charge is -2.39. The molecule has 146 valence electrons. The van der Waals surface area contributed by atoms with E-state index in [1.54, 1.807) is 0 Å². The van der Waals surface area contributed by atoms with E-state index in [1.807, 2.05) is 54.6 Å². The molecule has 0 bridgehead atoms. The second-order valence-electron chi connectivity index (χ2n) is 7.57. The molecule has 2 unspecified atom stereocenters. The monoisotopic (exact) mass is 376 g/mol. The predicted octanol–water partition coefficient (Wildman–Crippen LogP) is 4.81. The highest BCUT2D eigenvalue weighted by atomic mass is 16.7. The molecule has 0 saturated heterocycles. The SMILES string of the molecule is CC1CCCC2=C1C=CC(NOCc1ccccc1)(OCc1ccccc1)N2. The molecule has 4 nitrogen and oxygen atoms in total. The summed E-state index contributed by atoms with van der Waals surface area (Å²) >= 11 is 0. The Labute approximate surface area is 167 Å². The summed E-state index contributed by atoms with van der Waals surface area (Å²) in [4.78, 5) is 5.85. The molecule has 28 heavy (non-hydrogen) atoms. The largest absolute Gasteiger partial charge is 0.343 e. The lowest BCUT2D eigenvalue weighted by atomic mass is 9.85. The molecule has 0 spiro atoms. The van der Waals surface area contributed by atoms with Crippen molar-refractivity contribution in [2.75, 3.05) is 0 Å². The Balaban J connectivity index is 1.47. The van der Waals surface area contributed by atoms with Crippen LogP contribution in [0.4, 0.5) is 0 Å². The van der Waals surface area contributed by atoms with Gasteiger partial charge in [0.1, 0.15) is 0 Å². The molecular weight excluding hydrogens is 348 g/mol. The maximum atomic E-state index is 6.31. The third-order valence-electron chi connectivity index (χ3n) is 5.39. The van der Waals surface area contributed by atoms with Gasteiger partial charge in [-0.3, -0.25) is 4.84 Å². The van der Waals surface area contributed by atoms with E-state index >= 15 is 0 Å². The summed E-state index contributed by atoms with van der Waals surface area (Å²) in [5.74, 6) is -0.301. The molecular formula is C24H28N2O2. The highest BCUT2D eigenvalue weighted by molar-refractivity contribution is 5.35. The van der Waals surface area contributed by atoms with E-state index in [0.717, 1.165) is 17.5 Å². The number of hydroxylamine groups is 1. The number of hydrogen-bond donors (Lipinski definition) is 2. The van der Waals surface area contributed by atoms with Crippen LogP contribution < -0.4 is 10.8 Å². The summed E-state index contributed by atoms with van der Waals surface area (Å²) < 4.78 is 6.31. The summed E-state index contributed by atoms with van der Waals surface area (Å²) in [6.45, 7) is 3.24. The molecule has 2 aromatic rings. The minimum absolute atomic E-state index is 0.467. The molecule has 0 radical (unpaired) electrons. The molecule has 2 aliphatic rings. The average molecular weight is 377 g/mol. The molecule has 1 heterocycles. The van der Waals surface area contributed by atoms with Gasteiger partial charge >= 0.3 is 0 Å². The topological polar surface area (TPSA) is 42.5 Å². The second-order valence-corrected chi connectivity index (χ2v) is 7.57. The zero-order valence-electron chi connectivity index (χ0n) is 16.4. The van der Waals surface area contributed by atoms with Gasteiger partial charge in [0.2, 0.25) is 5.85 Å². The van der Waals surface area contributed by atoms with Gasteiger partial charge in [0, 0.05) is 5.70 Å². The molecule has 2 atom stereocenters. The van der Waals surface area contributed by atoms with Crippen LogP contribution in [0.5, 0.6) is 0 Å². The molecule has 2 aromatic carbocycles. The molecule has 0 aromatic heterocycles. The van der Waals surface area contributed by atoms with E-state index in [-0.39, 0.29) is 0 Å². The van der Waals surface area contributed by atoms with Gasteiger partial charge in [-0.2, -0.15) is 0 Å². The van der Waals surface area contributed by atoms with Gasteiger partial charge < -0.3 is 10.1 Å². The molecule has 0 saturated carbocycles. The molecule has 0 amide bonds. The summed E-state index contributed by atoms with van der Waals surface area (Å²) in [6.07, 6.45) is 7.71. The molecule has 4 rings (SSSR count). The number of rotatable bonds is 7. The molecule has 2 N–H and O–H groups in total. The molecule has 0 fully saturated rings. The first kappa shape index (κ1) is 18.9. The first-order chi connectivity index (χ1) is 13.7. The molecule has 4 heteroatoms. The van der Waals surface area contributed by atoms with E-state index in [4.69, 9.17) is 9.57 Å². The van der Waals surface area contributed by atoms with E-state index in [1.165, 1.54) is 24.1 Å². The number of benzene rings is 2. The van der Waals surface area contributed by atoms with Crippen LogP contribution in [0.3, 0.4) is 0 Å². The highest BCUT2D eigenvalue weighted by Gasteiger charge is 2.35. The number of hydrogen-bond acceptors (Lipinski definition) is 4. The Kier molecular flexibility index (Phi) is 5.91. The first-order valence-corrected chi connectivity index (χ1v) is 10.1. The lowest BCUT2D eigenvalue weighted by Crippen LogP contribution is -2.58. The number of dihydropyridines is 1. The Bertz CT molecular complexity index is 832. The van der Waals surface area contributed by atoms with Crippen LogP contribution in [-0.4, -0.2) is 5.85 Å². The van der Waals surface area contributed by atoms with Crippen molar-refractivity contribution in [3.05, 3.63) is 95.2 Å². The Hall–Kier alpha value is -2.40. The fraction of sp³-hybridized carbons (Fsp3) is 0.333. The lowest BCUT2D eigenvalue weighted by molar-refractivity contribution is -0.163. The van der Waals surface area contributed by atoms with Crippen LogP contribution in [0.1, 0.15) is 37.3 Å². The number of allylic oxidation sites excluding steroid dienone is 3. The normalized spacial score (nSPS) is 24.0. The minimum atomic E-state index is -0.874. The fourth-order valence-corrected chi connectivity index (χ4v) is 3.80. The van der Waals surface area contributed by atoms with Crippen molar-refractivity contribution in [3.8, 4) is 0 Å². The van der Waals surface area contributed by atoms with Crippen LogP contribution in [0.25, 0.3) is 0 Å². The van der Waals surface area contributed by atoms with Gasteiger partial charge in [-0.05, 0) is 48.0 Å². The molecule has 1 aliphatic heterocycles. The summed E-state index contributed by atoms with van der Waals surface area (Å²) in [5, 5.41) is 3.59. The summed E-state index contributed by atoms with van der Waals surface area (Å²) in [6, 6.07) is 20.3. The fourth-order valence-electron chi connectivity index (χ4n) is 3.80. The zero-order chi connectivity index (χ0) is 19.2. The Morgan fingerprint density at radius 2 is 1.68 bits per heavy atom. The van der Waals surface area contributed by atoms with Crippen molar-refractivity contribution in [2.45, 2.75) is 45.2 Å². The smallest absolute Gasteiger partial charge is 0.238 e. The minimum Gasteiger partial charge on any atom is -0.343 e. The van der Waals surface area contributed by atoms with Crippen molar-refractivity contribution >= 4 is 0 Å². The second kappa shape index (κ2) is 8.74. The first-order valence-electron chi connectivity index (χ1n) is 10.1. The third kappa shape index (κ3) is 4.53. The zero-order valence-corrected chi connectivity index (χ0v) is 16.4. The highest BCUT2D eigenvalue weighted by Crippen LogP contribution is 2.34. The van der Waals surface area contributed by atoms with Gasteiger partial charge in [-0.25, -0.2) is 0 Å². The maximum absolute atomic E-state index is 6.31. The van der Waals surface area contributed by atoms with Gasteiger partial charge in [-0.1, -0.05) is 73.7 Å². The summed E-state index contributed by atoms with van der Waals surface area (Å²) in [7, 11) is 0. The average Bonchev–Trinajstić information content (AvgIpc) is 2.74. The van der Waals surface area contributed by atoms with Crippen molar-refractivity contribution in [1.29, 1.82) is 0 Å². The van der Waals surface area contributed by atoms with Crippen LogP contribution in [-0.2, 0) is 22.8 Å². The van der Waals surface area contributed by atoms with E-state index < -0.39 is 5.85 Å². The van der Waals surface area contributed by atoms with Gasteiger partial charge in [0.25, 0.3) is 0 Å². The Morgan fingerprint density at radius 3 is 2.39 bits per heavy atom. The van der Waals surface area contributed by atoms with Crippen molar-refractivity contribution in [2.24, 2.45) is 5.92 Å². The quantitative estimate of drug-likeness (QED) is 0.537. The third-order valence-corrected chi connectivity index (χ3v) is 5.39. The van der Waals surface area contributed by atoms with Crippen molar-refractivity contribution in [3.63, 3.8) is 0 Å². The van der Waals surface area contributed by atoms with E-state index in [2.05, 4.69) is 35.9 Å². The van der Waals surface area contributed by atoms with Crippen molar-refractivity contribution in [1.82, 2.24) is 10.8 Å². The standard InChI is InChI=1S/C24H28N2O2/c1-19-9-8-14-23-22(19)15-16-24(25-23,27-17-20-10-4-2-5-11-20)26-28-18-21-12-6-3-7-13-21/h2-7,10-13,15-16,19,25-26H,8-9,14,17-18H2,1H3. The number of ether oxygens (including phenoxy) is 1. The van der Waals surface area contributed by atoms with E-state index in [0.29, 0.717) is 19.1 Å². The summed E-state index contributed by atoms with van der Waals surface area (Å²) in [5.41, 5.74) is 8.02. The van der Waals surface area contributed by atoms with Crippen LogP contribution in [0, 0.1) is 5.92 Å². The predicted molar refractivity (Wildman–Crippen MR) is 111 cm³/mol. The molecule has 1 aliphatic carbocycles. The maximum Gasteiger partial charge on any atom is 0.238 e. The van der Waals surface area contributed by atoms with Gasteiger partial charge in [0.05, 0.1) is 13.2 Å². The van der Waals surface area contributed by atoms with Gasteiger partial charge in [0.15, 0.2) is 0 Å². The van der Waals surface area contributed by atoms with Crippen LogP contribution >= 0.6 is 0 Å². The number of nitrogens with one attached hydrogen (secondary N) is 2. The van der Waals surface area contributed by atoms with Crippen LogP contribution in [0.15, 0.2) is 84.1 Å². The Morgan fingerprint density at radius 1 is 1.00 bits per heavy atom. The van der Waals surface area contributed by atoms with Crippen LogP contribution in [0.2, 0.25) is 0 Å². The van der Waals surface area contributed by atoms with Gasteiger partial charge in [-0.15, -0.1) is 5.48 Å². The van der Waals surface area contributed by atoms with E-state index in [9.17, 15) is 0 Å². The van der Waals surface area contributed by atoms with Crippen molar-refractivity contribution < 1.29 is 9.57 Å².